The monoisotopic (exact) mass is 291 g/mol. The highest BCUT2D eigenvalue weighted by atomic mass is 32.2. The molecule has 0 saturated carbocycles. The van der Waals surface area contributed by atoms with E-state index in [-0.39, 0.29) is 11.1 Å². The Balaban J connectivity index is 3.48. The molecule has 102 valence electrons. The van der Waals surface area contributed by atoms with Crippen LogP contribution in [-0.2, 0) is 11.3 Å². The molecule has 0 atom stereocenters. The zero-order valence-corrected chi connectivity index (χ0v) is 10.4. The number of hydrogen-bond donors (Lipinski definition) is 1. The number of esters is 1. The lowest BCUT2D eigenvalue weighted by molar-refractivity contribution is -0.0328. The van der Waals surface area contributed by atoms with E-state index in [0.29, 0.717) is 0 Å². The molecular formula is C11H8F3NO3S. The van der Waals surface area contributed by atoms with Gasteiger partial charge in [0.15, 0.2) is 0 Å². The predicted molar refractivity (Wildman–Crippen MR) is 60.3 cm³/mol. The van der Waals surface area contributed by atoms with Crippen molar-refractivity contribution in [1.29, 1.82) is 5.26 Å². The lowest BCUT2D eigenvalue weighted by Gasteiger charge is -2.13. The van der Waals surface area contributed by atoms with Gasteiger partial charge < -0.3 is 9.84 Å². The van der Waals surface area contributed by atoms with Crippen molar-refractivity contribution in [3.63, 3.8) is 0 Å². The molecule has 4 nitrogen and oxygen atoms in total. The number of methoxy groups -OCH3 is 1. The molecule has 0 unspecified atom stereocenters. The second-order valence-electron chi connectivity index (χ2n) is 3.27. The molecule has 0 aliphatic heterocycles. The van der Waals surface area contributed by atoms with Crippen molar-refractivity contribution in [2.24, 2.45) is 0 Å². The van der Waals surface area contributed by atoms with Crippen LogP contribution < -0.4 is 0 Å². The summed E-state index contributed by atoms with van der Waals surface area (Å²) in [5.74, 6) is -1.03. The predicted octanol–water partition coefficient (Wildman–Crippen LogP) is 2.45. The van der Waals surface area contributed by atoms with Crippen LogP contribution in [0.4, 0.5) is 13.2 Å². The number of benzene rings is 1. The summed E-state index contributed by atoms with van der Waals surface area (Å²) < 4.78 is 41.6. The van der Waals surface area contributed by atoms with E-state index in [0.717, 1.165) is 19.2 Å². The molecule has 0 saturated heterocycles. The van der Waals surface area contributed by atoms with Gasteiger partial charge in [-0.1, -0.05) is 0 Å². The van der Waals surface area contributed by atoms with E-state index in [4.69, 9.17) is 10.4 Å². The average Bonchev–Trinajstić information content (AvgIpc) is 2.35. The summed E-state index contributed by atoms with van der Waals surface area (Å²) in [5, 5.41) is 18.0. The molecule has 0 heterocycles. The van der Waals surface area contributed by atoms with Crippen LogP contribution in [0.5, 0.6) is 0 Å². The molecule has 0 fully saturated rings. The molecule has 0 amide bonds. The maximum atomic E-state index is 12.4. The number of nitrogens with zero attached hydrogens (tertiary/aromatic N) is 1. The van der Waals surface area contributed by atoms with E-state index < -0.39 is 40.3 Å². The molecule has 8 heteroatoms. The third-order valence-electron chi connectivity index (χ3n) is 2.17. The minimum atomic E-state index is -4.59. The summed E-state index contributed by atoms with van der Waals surface area (Å²) in [6.07, 6.45) is 0. The molecule has 1 aromatic rings. The van der Waals surface area contributed by atoms with Crippen molar-refractivity contribution >= 4 is 17.7 Å². The van der Waals surface area contributed by atoms with Gasteiger partial charge in [-0.25, -0.2) is 4.79 Å². The molecule has 1 aromatic carbocycles. The molecule has 0 spiro atoms. The van der Waals surface area contributed by atoms with E-state index in [1.807, 2.05) is 0 Å². The molecule has 0 bridgehead atoms. The van der Waals surface area contributed by atoms with Gasteiger partial charge in [0.25, 0.3) is 0 Å². The fourth-order valence-electron chi connectivity index (χ4n) is 1.43. The number of carbonyl (C=O) groups is 1. The molecule has 0 aliphatic rings. The largest absolute Gasteiger partial charge is 0.465 e. The van der Waals surface area contributed by atoms with Crippen molar-refractivity contribution in [1.82, 2.24) is 0 Å². The molecule has 1 rings (SSSR count). The minimum absolute atomic E-state index is 0.0746. The van der Waals surface area contributed by atoms with Gasteiger partial charge >= 0.3 is 11.5 Å². The Labute approximate surface area is 110 Å². The summed E-state index contributed by atoms with van der Waals surface area (Å²) in [4.78, 5) is 11.1. The van der Waals surface area contributed by atoms with Gasteiger partial charge in [-0.3, -0.25) is 0 Å². The van der Waals surface area contributed by atoms with Gasteiger partial charge in [-0.15, -0.1) is 0 Å². The van der Waals surface area contributed by atoms with Crippen LogP contribution in [0, 0.1) is 11.3 Å². The van der Waals surface area contributed by atoms with Crippen LogP contribution >= 0.6 is 11.8 Å². The lowest BCUT2D eigenvalue weighted by atomic mass is 10.0. The Hall–Kier alpha value is -1.72. The second-order valence-corrected chi connectivity index (χ2v) is 4.38. The smallest absolute Gasteiger partial charge is 0.446 e. The zero-order chi connectivity index (χ0) is 14.6. The van der Waals surface area contributed by atoms with Gasteiger partial charge in [-0.2, -0.15) is 18.4 Å². The van der Waals surface area contributed by atoms with Crippen LogP contribution in [0.3, 0.4) is 0 Å². The van der Waals surface area contributed by atoms with Gasteiger partial charge in [0.05, 0.1) is 30.9 Å². The van der Waals surface area contributed by atoms with Crippen molar-refractivity contribution in [2.45, 2.75) is 17.0 Å². The first kappa shape index (κ1) is 15.3. The van der Waals surface area contributed by atoms with Gasteiger partial charge in [0.1, 0.15) is 0 Å². The number of aliphatic hydroxyl groups is 1. The minimum Gasteiger partial charge on any atom is -0.465 e. The van der Waals surface area contributed by atoms with Crippen LogP contribution in [0.15, 0.2) is 17.0 Å². The van der Waals surface area contributed by atoms with Gasteiger partial charge in [0.2, 0.25) is 0 Å². The summed E-state index contributed by atoms with van der Waals surface area (Å²) >= 11 is -0.502. The first-order chi connectivity index (χ1) is 8.84. The topological polar surface area (TPSA) is 70.3 Å². The maximum Gasteiger partial charge on any atom is 0.446 e. The highest BCUT2D eigenvalue weighted by Crippen LogP contribution is 2.40. The lowest BCUT2D eigenvalue weighted by Crippen LogP contribution is -2.11. The van der Waals surface area contributed by atoms with E-state index in [9.17, 15) is 18.0 Å². The number of rotatable bonds is 3. The third kappa shape index (κ3) is 3.62. The molecular weight excluding hydrogens is 283 g/mol. The van der Waals surface area contributed by atoms with E-state index in [1.54, 1.807) is 6.07 Å². The van der Waals surface area contributed by atoms with E-state index >= 15 is 0 Å². The summed E-state index contributed by atoms with van der Waals surface area (Å²) in [7, 11) is 1.00. The summed E-state index contributed by atoms with van der Waals surface area (Å²) in [5.41, 5.74) is -5.28. The summed E-state index contributed by atoms with van der Waals surface area (Å²) in [6.45, 7) is -0.737. The molecule has 0 aromatic heterocycles. The van der Waals surface area contributed by atoms with E-state index in [1.165, 1.54) is 0 Å². The van der Waals surface area contributed by atoms with Crippen molar-refractivity contribution in [3.8, 4) is 6.07 Å². The Bertz CT molecular complexity index is 537. The highest BCUT2D eigenvalue weighted by Gasteiger charge is 2.33. The third-order valence-corrected chi connectivity index (χ3v) is 2.96. The van der Waals surface area contributed by atoms with Crippen LogP contribution in [0.1, 0.15) is 21.5 Å². The highest BCUT2D eigenvalue weighted by molar-refractivity contribution is 8.00. The number of thioether (sulfide) groups is 1. The maximum absolute atomic E-state index is 12.4. The number of nitriles is 1. The van der Waals surface area contributed by atoms with Crippen molar-refractivity contribution in [2.75, 3.05) is 7.11 Å². The molecule has 1 N–H and O–H groups in total. The Morgan fingerprint density at radius 2 is 2.16 bits per heavy atom. The number of halogens is 3. The number of carbonyl (C=O) groups excluding carboxylic acids is 1. The Morgan fingerprint density at radius 1 is 1.53 bits per heavy atom. The molecule has 0 aliphatic carbocycles. The summed E-state index contributed by atoms with van der Waals surface area (Å²) in [6, 6.07) is 3.82. The van der Waals surface area contributed by atoms with Crippen LogP contribution in [0.25, 0.3) is 0 Å². The Morgan fingerprint density at radius 3 is 2.58 bits per heavy atom. The van der Waals surface area contributed by atoms with Crippen molar-refractivity contribution in [3.05, 3.63) is 28.8 Å². The Kier molecular flexibility index (Phi) is 4.80. The zero-order valence-electron chi connectivity index (χ0n) is 9.61. The number of ether oxygens (including phenoxy) is 1. The molecule has 19 heavy (non-hydrogen) atoms. The quantitative estimate of drug-likeness (QED) is 0.684. The van der Waals surface area contributed by atoms with Crippen molar-refractivity contribution < 1.29 is 27.8 Å². The first-order valence-corrected chi connectivity index (χ1v) is 5.66. The van der Waals surface area contributed by atoms with E-state index in [2.05, 4.69) is 4.74 Å². The number of alkyl halides is 3. The first-order valence-electron chi connectivity index (χ1n) is 4.85. The normalized spacial score (nSPS) is 10.9. The van der Waals surface area contributed by atoms with Crippen LogP contribution in [0.2, 0.25) is 0 Å². The second kappa shape index (κ2) is 5.95. The fourth-order valence-corrected chi connectivity index (χ4v) is 2.12. The molecule has 0 radical (unpaired) electrons. The average molecular weight is 291 g/mol. The fraction of sp³-hybridized carbons (Fsp3) is 0.273. The van der Waals surface area contributed by atoms with Gasteiger partial charge in [-0.05, 0) is 23.9 Å². The van der Waals surface area contributed by atoms with Crippen LogP contribution in [-0.4, -0.2) is 23.7 Å². The standard InChI is InChI=1S/C11H8F3NO3S/c1-18-10(17)9-7(5-16)6(4-15)2-3-8(9)19-11(12,13)14/h2-3,16H,5H2,1H3. The number of aliphatic hydroxyl groups excluding tert-OH is 1. The SMILES string of the molecule is COC(=O)c1c(SC(F)(F)F)ccc(C#N)c1CO. The number of hydrogen-bond acceptors (Lipinski definition) is 5. The van der Waals surface area contributed by atoms with Gasteiger partial charge in [0, 0.05) is 10.5 Å².